The summed E-state index contributed by atoms with van der Waals surface area (Å²) in [7, 11) is 3.19. The number of esters is 1. The number of phenols is 1. The van der Waals surface area contributed by atoms with E-state index in [9.17, 15) is 14.7 Å². The van der Waals surface area contributed by atoms with Crippen LogP contribution in [0, 0.1) is 5.92 Å². The Labute approximate surface area is 223 Å². The van der Waals surface area contributed by atoms with Gasteiger partial charge in [0.25, 0.3) is 0 Å². The standard InChI is InChI=1S/C31H35NO6/c1-18-28(31(35)38-23-7-5-4-6-8-23)29(19-9-12-22(33)13-10-19)30-24(32-18)15-21(16-25(30)34)20-11-14-26(36-2)27(17-20)37-3/h9-14,17,21,23,28-29,33H,4-8,15-16H2,1-3H3/t21-,28?,29-/m0/s1. The summed E-state index contributed by atoms with van der Waals surface area (Å²) in [5.41, 5.74) is 3.74. The van der Waals surface area contributed by atoms with Crippen molar-refractivity contribution in [3.63, 3.8) is 0 Å². The van der Waals surface area contributed by atoms with E-state index < -0.39 is 11.8 Å². The van der Waals surface area contributed by atoms with E-state index in [1.807, 2.05) is 25.1 Å². The van der Waals surface area contributed by atoms with Gasteiger partial charge in [-0.05, 0) is 80.3 Å². The van der Waals surface area contributed by atoms with Gasteiger partial charge < -0.3 is 19.3 Å². The molecule has 3 atom stereocenters. The normalized spacial score (nSPS) is 23.9. The lowest BCUT2D eigenvalue weighted by atomic mass is 9.69. The zero-order valence-electron chi connectivity index (χ0n) is 22.2. The number of methoxy groups -OCH3 is 2. The van der Waals surface area contributed by atoms with Gasteiger partial charge in [0, 0.05) is 29.3 Å². The van der Waals surface area contributed by atoms with E-state index in [0.29, 0.717) is 35.6 Å². The Morgan fingerprint density at radius 3 is 2.29 bits per heavy atom. The van der Waals surface area contributed by atoms with Crippen LogP contribution in [0.2, 0.25) is 0 Å². The Balaban J connectivity index is 1.51. The molecule has 1 heterocycles. The molecule has 3 aliphatic rings. The van der Waals surface area contributed by atoms with Gasteiger partial charge in [-0.1, -0.05) is 24.6 Å². The topological polar surface area (TPSA) is 94.4 Å². The highest BCUT2D eigenvalue weighted by Crippen LogP contribution is 2.48. The van der Waals surface area contributed by atoms with Crippen molar-refractivity contribution in [2.24, 2.45) is 10.9 Å². The molecule has 0 aromatic heterocycles. The second-order valence-corrected chi connectivity index (χ2v) is 10.5. The average Bonchev–Trinajstić information content (AvgIpc) is 2.92. The van der Waals surface area contributed by atoms with Crippen molar-refractivity contribution in [3.05, 3.63) is 64.9 Å². The zero-order chi connectivity index (χ0) is 26.8. The highest BCUT2D eigenvalue weighted by atomic mass is 16.5. The molecule has 0 saturated heterocycles. The molecule has 7 heteroatoms. The first kappa shape index (κ1) is 26.0. The molecule has 1 N–H and O–H groups in total. The number of carbonyl (C=O) groups is 2. The Bertz CT molecular complexity index is 1270. The van der Waals surface area contributed by atoms with Crippen LogP contribution in [0.5, 0.6) is 17.2 Å². The van der Waals surface area contributed by atoms with Gasteiger partial charge in [-0.15, -0.1) is 0 Å². The van der Waals surface area contributed by atoms with Crippen molar-refractivity contribution in [1.82, 2.24) is 0 Å². The molecular formula is C31H35NO6. The molecule has 200 valence electrons. The number of hydrogen-bond acceptors (Lipinski definition) is 7. The largest absolute Gasteiger partial charge is 0.508 e. The van der Waals surface area contributed by atoms with Crippen molar-refractivity contribution >= 4 is 17.5 Å². The minimum Gasteiger partial charge on any atom is -0.508 e. The van der Waals surface area contributed by atoms with Crippen LogP contribution in [0.1, 0.15) is 74.8 Å². The number of phenolic OH excluding ortho intramolecular Hbond substituents is 1. The van der Waals surface area contributed by atoms with Gasteiger partial charge in [-0.25, -0.2) is 0 Å². The summed E-state index contributed by atoms with van der Waals surface area (Å²) in [6.07, 6.45) is 5.83. The van der Waals surface area contributed by atoms with Crippen LogP contribution in [0.15, 0.2) is 58.7 Å². The van der Waals surface area contributed by atoms with Crippen LogP contribution >= 0.6 is 0 Å². The fourth-order valence-electron chi connectivity index (χ4n) is 6.17. The minimum atomic E-state index is -0.679. The zero-order valence-corrected chi connectivity index (χ0v) is 22.2. The number of benzene rings is 2. The lowest BCUT2D eigenvalue weighted by Crippen LogP contribution is -2.39. The van der Waals surface area contributed by atoms with Gasteiger partial charge in [-0.2, -0.15) is 0 Å². The number of Topliss-reactive ketones (excluding diaryl/α,β-unsaturated/α-hetero) is 1. The maximum atomic E-state index is 13.8. The third-order valence-corrected chi connectivity index (χ3v) is 8.11. The molecule has 2 aliphatic carbocycles. The Morgan fingerprint density at radius 2 is 1.61 bits per heavy atom. The van der Waals surface area contributed by atoms with Gasteiger partial charge in [0.05, 0.1) is 14.2 Å². The fraction of sp³-hybridized carbons (Fsp3) is 0.452. The number of hydrogen-bond donors (Lipinski definition) is 1. The SMILES string of the molecule is COc1ccc([C@@H]2CC(=O)C3=C(C2)N=C(C)C(C(=O)OC2CCCCC2)[C@@H]3c2ccc(O)cc2)cc1OC. The minimum absolute atomic E-state index is 0.0178. The van der Waals surface area contributed by atoms with Gasteiger partial charge >= 0.3 is 5.97 Å². The number of aromatic hydroxyl groups is 1. The maximum Gasteiger partial charge on any atom is 0.315 e. The van der Waals surface area contributed by atoms with Gasteiger partial charge in [0.2, 0.25) is 0 Å². The lowest BCUT2D eigenvalue weighted by molar-refractivity contribution is -0.153. The highest BCUT2D eigenvalue weighted by molar-refractivity contribution is 6.09. The number of allylic oxidation sites excluding steroid dienone is 2. The first-order valence-corrected chi connectivity index (χ1v) is 13.4. The smallest absolute Gasteiger partial charge is 0.315 e. The second kappa shape index (κ2) is 11.0. The van der Waals surface area contributed by atoms with Gasteiger partial charge in [0.1, 0.15) is 17.8 Å². The number of ether oxygens (including phenoxy) is 3. The Morgan fingerprint density at radius 1 is 0.921 bits per heavy atom. The molecule has 2 aromatic carbocycles. The predicted octanol–water partition coefficient (Wildman–Crippen LogP) is 5.86. The molecule has 1 fully saturated rings. The van der Waals surface area contributed by atoms with Crippen LogP contribution in [0.4, 0.5) is 0 Å². The molecule has 0 amide bonds. The average molecular weight is 518 g/mol. The maximum absolute atomic E-state index is 13.8. The molecule has 0 bridgehead atoms. The van der Waals surface area contributed by atoms with Crippen molar-refractivity contribution in [2.45, 2.75) is 69.8 Å². The lowest BCUT2D eigenvalue weighted by Gasteiger charge is -2.37. The van der Waals surface area contributed by atoms with Gasteiger partial charge in [-0.3, -0.25) is 14.6 Å². The molecule has 2 aromatic rings. The van der Waals surface area contributed by atoms with Crippen molar-refractivity contribution in [1.29, 1.82) is 0 Å². The van der Waals surface area contributed by atoms with E-state index in [4.69, 9.17) is 19.2 Å². The Kier molecular flexibility index (Phi) is 7.54. The number of carbonyl (C=O) groups excluding carboxylic acids is 2. The summed E-state index contributed by atoms with van der Waals surface area (Å²) in [5.74, 6) is -0.198. The van der Waals surface area contributed by atoms with Crippen molar-refractivity contribution < 1.29 is 28.9 Å². The van der Waals surface area contributed by atoms with E-state index in [0.717, 1.165) is 42.5 Å². The van der Waals surface area contributed by atoms with E-state index in [1.54, 1.807) is 38.5 Å². The molecule has 1 saturated carbocycles. The molecule has 5 rings (SSSR count). The third kappa shape index (κ3) is 5.06. The number of ketones is 1. The van der Waals surface area contributed by atoms with Crippen LogP contribution < -0.4 is 9.47 Å². The molecule has 38 heavy (non-hydrogen) atoms. The molecule has 0 spiro atoms. The van der Waals surface area contributed by atoms with Crippen molar-refractivity contribution in [3.8, 4) is 17.2 Å². The summed E-state index contributed by atoms with van der Waals surface area (Å²) >= 11 is 0. The summed E-state index contributed by atoms with van der Waals surface area (Å²) in [6, 6.07) is 12.5. The van der Waals surface area contributed by atoms with E-state index in [2.05, 4.69) is 0 Å². The Hall–Kier alpha value is -3.61. The van der Waals surface area contributed by atoms with Crippen molar-refractivity contribution in [2.75, 3.05) is 14.2 Å². The van der Waals surface area contributed by atoms with E-state index >= 15 is 0 Å². The number of nitrogens with zero attached hydrogens (tertiary/aromatic N) is 1. The fourth-order valence-corrected chi connectivity index (χ4v) is 6.17. The highest BCUT2D eigenvalue weighted by Gasteiger charge is 2.45. The van der Waals surface area contributed by atoms with E-state index in [1.165, 1.54) is 6.42 Å². The van der Waals surface area contributed by atoms with Crippen LogP contribution in [0.25, 0.3) is 0 Å². The van der Waals surface area contributed by atoms with E-state index in [-0.39, 0.29) is 29.5 Å². The van der Waals surface area contributed by atoms with Crippen LogP contribution in [0.3, 0.4) is 0 Å². The summed E-state index contributed by atoms with van der Waals surface area (Å²) < 4.78 is 16.9. The van der Waals surface area contributed by atoms with Crippen LogP contribution in [-0.2, 0) is 14.3 Å². The first-order chi connectivity index (χ1) is 18.4. The molecular weight excluding hydrogens is 482 g/mol. The van der Waals surface area contributed by atoms with Gasteiger partial charge in [0.15, 0.2) is 17.3 Å². The summed E-state index contributed by atoms with van der Waals surface area (Å²) in [4.78, 5) is 32.3. The summed E-state index contributed by atoms with van der Waals surface area (Å²) in [6.45, 7) is 1.86. The molecule has 1 unspecified atom stereocenters. The quantitative estimate of drug-likeness (QED) is 0.482. The number of rotatable bonds is 6. The molecule has 7 nitrogen and oxygen atoms in total. The molecule has 1 aliphatic heterocycles. The molecule has 0 radical (unpaired) electrons. The second-order valence-electron chi connectivity index (χ2n) is 10.5. The van der Waals surface area contributed by atoms with Crippen LogP contribution in [-0.4, -0.2) is 42.9 Å². The predicted molar refractivity (Wildman–Crippen MR) is 144 cm³/mol. The number of aliphatic imine (C=N–C) groups is 1. The third-order valence-electron chi connectivity index (χ3n) is 8.11. The summed E-state index contributed by atoms with van der Waals surface area (Å²) in [5, 5.41) is 9.91. The first-order valence-electron chi connectivity index (χ1n) is 13.4. The monoisotopic (exact) mass is 517 g/mol.